The van der Waals surface area contributed by atoms with Gasteiger partial charge in [0.25, 0.3) is 0 Å². The van der Waals surface area contributed by atoms with E-state index < -0.39 is 29.1 Å². The fraction of sp³-hybridized carbons (Fsp3) is 0.833. The zero-order valence-electron chi connectivity index (χ0n) is 11.5. The highest BCUT2D eigenvalue weighted by Gasteiger charge is 2.56. The zero-order valence-corrected chi connectivity index (χ0v) is 11.5. The van der Waals surface area contributed by atoms with E-state index in [1.807, 2.05) is 0 Å². The van der Waals surface area contributed by atoms with Crippen LogP contribution in [0.3, 0.4) is 0 Å². The number of nitrogens with zero attached hydrogens (tertiary/aromatic N) is 1. The van der Waals surface area contributed by atoms with Crippen LogP contribution in [0.2, 0.25) is 0 Å². The normalized spacial score (nSPS) is 25.8. The Morgan fingerprint density at radius 2 is 1.83 bits per heavy atom. The maximum absolute atomic E-state index is 12.1. The molecule has 0 aromatic carbocycles. The van der Waals surface area contributed by atoms with Crippen molar-refractivity contribution in [2.75, 3.05) is 6.61 Å². The van der Waals surface area contributed by atoms with E-state index in [2.05, 4.69) is 9.47 Å². The van der Waals surface area contributed by atoms with Crippen LogP contribution in [0.15, 0.2) is 0 Å². The van der Waals surface area contributed by atoms with Crippen molar-refractivity contribution in [3.63, 3.8) is 0 Å². The Morgan fingerprint density at radius 1 is 1.28 bits per heavy atom. The predicted octanol–water partition coefficient (Wildman–Crippen LogP) is 1.91. The first-order valence-corrected chi connectivity index (χ1v) is 5.99. The van der Waals surface area contributed by atoms with E-state index >= 15 is 0 Å². The minimum absolute atomic E-state index is 0.138. The average molecular weight is 258 g/mol. The molecule has 1 unspecified atom stereocenters. The molecule has 1 radical (unpaired) electrons. The van der Waals surface area contributed by atoms with Crippen molar-refractivity contribution in [1.82, 2.24) is 5.06 Å². The standard InChI is InChI=1S/C12H20NO5/c1-6-17-10(15)18-9(14)8-7-11(2,3)13(16)12(8,4)5/h8H,6-7H2,1-5H3. The molecule has 0 aliphatic carbocycles. The van der Waals surface area contributed by atoms with Crippen molar-refractivity contribution in [3.8, 4) is 0 Å². The molecule has 0 N–H and O–H groups in total. The number of esters is 1. The summed E-state index contributed by atoms with van der Waals surface area (Å²) >= 11 is 0. The van der Waals surface area contributed by atoms with Crippen LogP contribution in [0, 0.1) is 5.92 Å². The van der Waals surface area contributed by atoms with Gasteiger partial charge in [0.1, 0.15) is 0 Å². The second-order valence-corrected chi connectivity index (χ2v) is 5.62. The van der Waals surface area contributed by atoms with Crippen molar-refractivity contribution in [1.29, 1.82) is 0 Å². The zero-order chi connectivity index (χ0) is 14.1. The molecule has 0 aromatic heterocycles. The summed E-state index contributed by atoms with van der Waals surface area (Å²) in [5, 5.41) is 13.0. The first-order valence-electron chi connectivity index (χ1n) is 5.99. The van der Waals surface area contributed by atoms with Gasteiger partial charge in [-0.3, -0.25) is 4.79 Å². The molecule has 0 saturated carbocycles. The van der Waals surface area contributed by atoms with Crippen LogP contribution < -0.4 is 0 Å². The SMILES string of the molecule is CCOC(=O)OC(=O)C1CC(C)(C)N([O])C1(C)C. The van der Waals surface area contributed by atoms with Crippen LogP contribution in [0.4, 0.5) is 4.79 Å². The second-order valence-electron chi connectivity index (χ2n) is 5.62. The number of hydrogen-bond acceptors (Lipinski definition) is 5. The summed E-state index contributed by atoms with van der Waals surface area (Å²) in [7, 11) is 0. The monoisotopic (exact) mass is 258 g/mol. The number of carbonyl (C=O) groups excluding carboxylic acids is 2. The van der Waals surface area contributed by atoms with Crippen molar-refractivity contribution in [2.45, 2.75) is 52.1 Å². The minimum Gasteiger partial charge on any atom is -0.434 e. The fourth-order valence-electron chi connectivity index (χ4n) is 2.43. The number of hydroxylamine groups is 2. The average Bonchev–Trinajstić information content (AvgIpc) is 2.39. The Labute approximate surface area is 107 Å². The van der Waals surface area contributed by atoms with Gasteiger partial charge >= 0.3 is 12.1 Å². The second kappa shape index (κ2) is 4.85. The maximum Gasteiger partial charge on any atom is 0.516 e. The molecule has 103 valence electrons. The molecule has 1 saturated heterocycles. The largest absolute Gasteiger partial charge is 0.516 e. The van der Waals surface area contributed by atoms with Gasteiger partial charge in [0.05, 0.1) is 18.1 Å². The van der Waals surface area contributed by atoms with Crippen LogP contribution in [0.5, 0.6) is 0 Å². The van der Waals surface area contributed by atoms with E-state index in [-0.39, 0.29) is 6.61 Å². The smallest absolute Gasteiger partial charge is 0.434 e. The quantitative estimate of drug-likeness (QED) is 0.558. The summed E-state index contributed by atoms with van der Waals surface area (Å²) in [6.45, 7) is 8.63. The van der Waals surface area contributed by atoms with Crippen LogP contribution >= 0.6 is 0 Å². The third-order valence-corrected chi connectivity index (χ3v) is 3.36. The van der Waals surface area contributed by atoms with E-state index in [1.165, 1.54) is 0 Å². The summed E-state index contributed by atoms with van der Waals surface area (Å²) in [6.07, 6.45) is -0.665. The predicted molar refractivity (Wildman–Crippen MR) is 61.9 cm³/mol. The van der Waals surface area contributed by atoms with Crippen molar-refractivity contribution < 1.29 is 24.3 Å². The molecule has 0 spiro atoms. The van der Waals surface area contributed by atoms with Crippen molar-refractivity contribution in [3.05, 3.63) is 0 Å². The van der Waals surface area contributed by atoms with Gasteiger partial charge in [0.2, 0.25) is 0 Å². The molecule has 1 aliphatic heterocycles. The van der Waals surface area contributed by atoms with Gasteiger partial charge < -0.3 is 9.47 Å². The summed E-state index contributed by atoms with van der Waals surface area (Å²) in [4.78, 5) is 23.0. The van der Waals surface area contributed by atoms with Crippen molar-refractivity contribution >= 4 is 12.1 Å². The molecule has 1 fully saturated rings. The number of hydrogen-bond donors (Lipinski definition) is 0. The molecule has 6 heteroatoms. The molecule has 1 atom stereocenters. The lowest BCUT2D eigenvalue weighted by atomic mass is 9.87. The lowest BCUT2D eigenvalue weighted by molar-refractivity contribution is -0.248. The molecular formula is C12H20NO5. The lowest BCUT2D eigenvalue weighted by Crippen LogP contribution is -2.47. The number of ether oxygens (including phenoxy) is 2. The van der Waals surface area contributed by atoms with Gasteiger partial charge in [-0.1, -0.05) is 0 Å². The molecule has 18 heavy (non-hydrogen) atoms. The van der Waals surface area contributed by atoms with Gasteiger partial charge in [0.15, 0.2) is 0 Å². The molecule has 6 nitrogen and oxygen atoms in total. The Kier molecular flexibility index (Phi) is 4.02. The molecular weight excluding hydrogens is 238 g/mol. The van der Waals surface area contributed by atoms with Gasteiger partial charge in [-0.25, -0.2) is 4.79 Å². The summed E-state index contributed by atoms with van der Waals surface area (Å²) in [5.41, 5.74) is -1.55. The van der Waals surface area contributed by atoms with Crippen molar-refractivity contribution in [2.24, 2.45) is 5.92 Å². The van der Waals surface area contributed by atoms with Gasteiger partial charge in [-0.2, -0.15) is 0 Å². The number of carbonyl (C=O) groups is 2. The molecule has 0 amide bonds. The first-order chi connectivity index (χ1) is 8.13. The Hall–Kier alpha value is -1.14. The summed E-state index contributed by atoms with van der Waals surface area (Å²) in [5.74, 6) is -1.35. The Bertz CT molecular complexity index is 350. The van der Waals surface area contributed by atoms with Crippen LogP contribution in [0.1, 0.15) is 41.0 Å². The fourth-order valence-corrected chi connectivity index (χ4v) is 2.43. The van der Waals surface area contributed by atoms with E-state index in [1.54, 1.807) is 34.6 Å². The molecule has 0 bridgehead atoms. The van der Waals surface area contributed by atoms with E-state index in [0.717, 1.165) is 5.06 Å². The van der Waals surface area contributed by atoms with Crippen LogP contribution in [-0.4, -0.2) is 34.9 Å². The summed E-state index contributed by atoms with van der Waals surface area (Å²) < 4.78 is 9.13. The molecule has 1 aliphatic rings. The van der Waals surface area contributed by atoms with Gasteiger partial charge in [-0.05, 0) is 41.0 Å². The van der Waals surface area contributed by atoms with E-state index in [9.17, 15) is 14.8 Å². The summed E-state index contributed by atoms with van der Waals surface area (Å²) in [6, 6.07) is 0. The van der Waals surface area contributed by atoms with Gasteiger partial charge in [0, 0.05) is 5.54 Å². The third-order valence-electron chi connectivity index (χ3n) is 3.36. The molecule has 1 rings (SSSR count). The topological polar surface area (TPSA) is 75.7 Å². The first kappa shape index (κ1) is 14.9. The Balaban J connectivity index is 2.78. The highest BCUT2D eigenvalue weighted by molar-refractivity contribution is 5.84. The highest BCUT2D eigenvalue weighted by Crippen LogP contribution is 2.44. The van der Waals surface area contributed by atoms with E-state index in [4.69, 9.17) is 0 Å². The highest BCUT2D eigenvalue weighted by atomic mass is 16.7. The maximum atomic E-state index is 12.1. The minimum atomic E-state index is -1.01. The molecule has 0 aromatic rings. The third kappa shape index (κ3) is 2.64. The molecule has 1 heterocycles. The van der Waals surface area contributed by atoms with E-state index in [0.29, 0.717) is 6.42 Å². The lowest BCUT2D eigenvalue weighted by Gasteiger charge is -2.32. The van der Waals surface area contributed by atoms with Crippen LogP contribution in [-0.2, 0) is 19.5 Å². The Morgan fingerprint density at radius 3 is 2.22 bits per heavy atom. The van der Waals surface area contributed by atoms with Gasteiger partial charge in [-0.15, -0.1) is 10.3 Å². The number of rotatable bonds is 2. The van der Waals surface area contributed by atoms with Crippen LogP contribution in [0.25, 0.3) is 0 Å².